The van der Waals surface area contributed by atoms with Gasteiger partial charge in [-0.25, -0.2) is 0 Å². The molecule has 1 unspecified atom stereocenters. The summed E-state index contributed by atoms with van der Waals surface area (Å²) in [6.07, 6.45) is 4.08. The maximum absolute atomic E-state index is 6.47. The van der Waals surface area contributed by atoms with Crippen molar-refractivity contribution in [3.05, 3.63) is 40.9 Å². The third-order valence-electron chi connectivity index (χ3n) is 4.33. The van der Waals surface area contributed by atoms with Crippen LogP contribution in [-0.2, 0) is 0 Å². The van der Waals surface area contributed by atoms with Crippen molar-refractivity contribution < 1.29 is 4.74 Å². The molecule has 0 aliphatic carbocycles. The summed E-state index contributed by atoms with van der Waals surface area (Å²) in [5, 5.41) is 4.25. The first-order chi connectivity index (χ1) is 11.8. The smallest absolute Gasteiger partial charge is 0.124 e. The number of hydrogen-bond acceptors (Lipinski definition) is 4. The Labute approximate surface area is 162 Å². The Morgan fingerprint density at radius 3 is 2.68 bits per heavy atom. The topological polar surface area (TPSA) is 33.3 Å². The molecule has 5 heteroatoms. The molecule has 1 fully saturated rings. The third-order valence-corrected chi connectivity index (χ3v) is 5.72. The molecule has 0 radical (unpaired) electrons. The molecule has 0 bridgehead atoms. The molecule has 1 aliphatic rings. The average molecular weight is 383 g/mol. The van der Waals surface area contributed by atoms with Gasteiger partial charge in [0.2, 0.25) is 0 Å². The molecule has 140 valence electrons. The minimum atomic E-state index is 0.141. The first kappa shape index (κ1) is 20.6. The number of piperidine rings is 1. The van der Waals surface area contributed by atoms with Gasteiger partial charge in [-0.2, -0.15) is 0 Å². The van der Waals surface area contributed by atoms with Gasteiger partial charge in [-0.15, -0.1) is 0 Å². The van der Waals surface area contributed by atoms with Gasteiger partial charge in [0.05, 0.1) is 0 Å². The van der Waals surface area contributed by atoms with E-state index >= 15 is 0 Å². The van der Waals surface area contributed by atoms with Gasteiger partial charge in [0, 0.05) is 21.4 Å². The maximum atomic E-state index is 6.47. The maximum Gasteiger partial charge on any atom is 0.124 e. The predicted molar refractivity (Wildman–Crippen MR) is 111 cm³/mol. The summed E-state index contributed by atoms with van der Waals surface area (Å²) in [5.74, 6) is 1.47. The van der Waals surface area contributed by atoms with Crippen LogP contribution in [0.5, 0.6) is 5.75 Å². The fraction of sp³-hybridized carbons (Fsp3) is 0.600. The van der Waals surface area contributed by atoms with Crippen LogP contribution in [0.2, 0.25) is 5.02 Å². The average Bonchev–Trinajstić information content (AvgIpc) is 2.56. The number of nitrogens with one attached hydrogen (secondary N) is 2. The number of rotatable bonds is 7. The fourth-order valence-corrected chi connectivity index (χ4v) is 3.99. The number of ether oxygens (including phenoxy) is 1. The van der Waals surface area contributed by atoms with Gasteiger partial charge in [-0.05, 0) is 77.2 Å². The predicted octanol–water partition coefficient (Wildman–Crippen LogP) is 5.29. The zero-order valence-corrected chi connectivity index (χ0v) is 17.4. The molecule has 1 aromatic carbocycles. The largest absolute Gasteiger partial charge is 0.489 e. The zero-order chi connectivity index (χ0) is 18.4. The highest BCUT2D eigenvalue weighted by molar-refractivity contribution is 7.98. The highest BCUT2D eigenvalue weighted by atomic mass is 35.5. The third kappa shape index (κ3) is 6.21. The molecule has 25 heavy (non-hydrogen) atoms. The van der Waals surface area contributed by atoms with Crippen molar-refractivity contribution >= 4 is 23.5 Å². The van der Waals surface area contributed by atoms with E-state index in [1.165, 1.54) is 0 Å². The van der Waals surface area contributed by atoms with Crippen molar-refractivity contribution in [1.29, 1.82) is 0 Å². The molecule has 0 spiro atoms. The van der Waals surface area contributed by atoms with Crippen LogP contribution in [0.15, 0.2) is 24.8 Å². The standard InChI is InChI=1S/C20H31ClN2OS/c1-6-11-24-18-12-14(2)17(21)13-16(18)19(23-25-20(3,4)5)15-7-9-22-10-8-15/h6,12-13,15,19,22-23H,1,7-11H2,2-5H3. The Kier molecular flexibility index (Phi) is 7.68. The van der Waals surface area contributed by atoms with Crippen molar-refractivity contribution in [2.45, 2.75) is 51.3 Å². The Balaban J connectivity index is 2.36. The summed E-state index contributed by atoms with van der Waals surface area (Å²) in [7, 11) is 0. The summed E-state index contributed by atoms with van der Waals surface area (Å²) in [5.41, 5.74) is 2.19. The lowest BCUT2D eigenvalue weighted by Crippen LogP contribution is -2.35. The molecule has 1 heterocycles. The molecule has 1 atom stereocenters. The van der Waals surface area contributed by atoms with E-state index in [1.807, 2.05) is 6.92 Å². The first-order valence-corrected chi connectivity index (χ1v) is 10.2. The number of benzene rings is 1. The van der Waals surface area contributed by atoms with Crippen LogP contribution in [0.4, 0.5) is 0 Å². The molecule has 3 nitrogen and oxygen atoms in total. The van der Waals surface area contributed by atoms with E-state index in [0.29, 0.717) is 12.5 Å². The van der Waals surface area contributed by atoms with Crippen molar-refractivity contribution in [3.63, 3.8) is 0 Å². The van der Waals surface area contributed by atoms with Crippen molar-refractivity contribution in [2.75, 3.05) is 19.7 Å². The second-order valence-electron chi connectivity index (χ2n) is 7.64. The Morgan fingerprint density at radius 1 is 1.40 bits per heavy atom. The second-order valence-corrected chi connectivity index (χ2v) is 9.71. The van der Waals surface area contributed by atoms with Crippen molar-refractivity contribution in [2.24, 2.45) is 5.92 Å². The molecule has 1 aromatic rings. The normalized spacial score (nSPS) is 17.3. The molecule has 0 aromatic heterocycles. The highest BCUT2D eigenvalue weighted by Gasteiger charge is 2.29. The lowest BCUT2D eigenvalue weighted by atomic mass is 9.86. The van der Waals surface area contributed by atoms with Gasteiger partial charge in [0.1, 0.15) is 12.4 Å². The minimum absolute atomic E-state index is 0.141. The molecule has 0 saturated carbocycles. The molecule has 1 aliphatic heterocycles. The van der Waals surface area contributed by atoms with E-state index in [-0.39, 0.29) is 10.8 Å². The monoisotopic (exact) mass is 382 g/mol. The van der Waals surface area contributed by atoms with Crippen molar-refractivity contribution in [3.8, 4) is 5.75 Å². The summed E-state index contributed by atoms with van der Waals surface area (Å²) >= 11 is 8.25. The van der Waals surface area contributed by atoms with Gasteiger partial charge < -0.3 is 10.1 Å². The first-order valence-electron chi connectivity index (χ1n) is 9.00. The molecule has 2 rings (SSSR count). The number of hydrogen-bond donors (Lipinski definition) is 2. The lowest BCUT2D eigenvalue weighted by molar-refractivity contribution is 0.297. The Bertz CT molecular complexity index is 580. The number of aryl methyl sites for hydroxylation is 1. The highest BCUT2D eigenvalue weighted by Crippen LogP contribution is 2.39. The van der Waals surface area contributed by atoms with E-state index < -0.39 is 0 Å². The van der Waals surface area contributed by atoms with E-state index in [0.717, 1.165) is 47.8 Å². The molecule has 2 N–H and O–H groups in total. The molecular formula is C20H31ClN2OS. The van der Waals surface area contributed by atoms with Crippen molar-refractivity contribution in [1.82, 2.24) is 10.0 Å². The van der Waals surface area contributed by atoms with Gasteiger partial charge in [0.15, 0.2) is 0 Å². The van der Waals surface area contributed by atoms with Gasteiger partial charge >= 0.3 is 0 Å². The summed E-state index contributed by atoms with van der Waals surface area (Å²) in [6, 6.07) is 4.35. The van der Waals surface area contributed by atoms with Crippen LogP contribution >= 0.6 is 23.5 Å². The molecular weight excluding hydrogens is 352 g/mol. The molecule has 1 saturated heterocycles. The van der Waals surface area contributed by atoms with Gasteiger partial charge in [-0.3, -0.25) is 4.72 Å². The summed E-state index contributed by atoms with van der Waals surface area (Å²) < 4.78 is 9.86. The van der Waals surface area contributed by atoms with Gasteiger partial charge in [0.25, 0.3) is 0 Å². The quantitative estimate of drug-likeness (QED) is 0.495. The fourth-order valence-electron chi connectivity index (χ4n) is 3.02. The van der Waals surface area contributed by atoms with Crippen LogP contribution < -0.4 is 14.8 Å². The van der Waals surface area contributed by atoms with Crippen LogP contribution in [0.3, 0.4) is 0 Å². The minimum Gasteiger partial charge on any atom is -0.489 e. The van der Waals surface area contributed by atoms with E-state index in [2.05, 4.69) is 49.5 Å². The van der Waals surface area contributed by atoms with Crippen LogP contribution in [0.1, 0.15) is 50.8 Å². The van der Waals surface area contributed by atoms with E-state index in [1.54, 1.807) is 18.0 Å². The zero-order valence-electron chi connectivity index (χ0n) is 15.8. The van der Waals surface area contributed by atoms with E-state index in [4.69, 9.17) is 16.3 Å². The van der Waals surface area contributed by atoms with Crippen LogP contribution in [0, 0.1) is 12.8 Å². The van der Waals surface area contributed by atoms with E-state index in [9.17, 15) is 0 Å². The van der Waals surface area contributed by atoms with Crippen LogP contribution in [-0.4, -0.2) is 24.4 Å². The summed E-state index contributed by atoms with van der Waals surface area (Å²) in [4.78, 5) is 0. The second kappa shape index (κ2) is 9.31. The van der Waals surface area contributed by atoms with Gasteiger partial charge in [-0.1, -0.05) is 36.2 Å². The Morgan fingerprint density at radius 2 is 2.08 bits per heavy atom. The molecule has 0 amide bonds. The number of halogens is 1. The lowest BCUT2D eigenvalue weighted by Gasteiger charge is -2.34. The Hall–Kier alpha value is -0.680. The SMILES string of the molecule is C=CCOc1cc(C)c(Cl)cc1C(NSC(C)(C)C)C1CCNCC1. The van der Waals surface area contributed by atoms with Crippen LogP contribution in [0.25, 0.3) is 0 Å². The summed E-state index contributed by atoms with van der Waals surface area (Å²) in [6.45, 7) is 15.1.